The molecule has 0 N–H and O–H groups in total. The number of hydrogen-bond donors (Lipinski definition) is 0. The van der Waals surface area contributed by atoms with E-state index in [2.05, 4.69) is 56.1 Å². The first kappa shape index (κ1) is 14.7. The first-order valence-corrected chi connectivity index (χ1v) is 9.35. The van der Waals surface area contributed by atoms with Crippen LogP contribution >= 0.6 is 15.9 Å². The van der Waals surface area contributed by atoms with E-state index in [0.717, 1.165) is 32.0 Å². The van der Waals surface area contributed by atoms with E-state index in [9.17, 15) is 4.79 Å². The Labute approximate surface area is 140 Å². The van der Waals surface area contributed by atoms with Crippen molar-refractivity contribution in [3.05, 3.63) is 35.9 Å². The second-order valence-electron chi connectivity index (χ2n) is 7.04. The van der Waals surface area contributed by atoms with Crippen molar-refractivity contribution in [2.24, 2.45) is 11.8 Å². The van der Waals surface area contributed by atoms with Crippen LogP contribution in [0.15, 0.2) is 30.3 Å². The van der Waals surface area contributed by atoms with Crippen LogP contribution in [-0.4, -0.2) is 46.2 Å². The summed E-state index contributed by atoms with van der Waals surface area (Å²) in [6, 6.07) is 11.2. The van der Waals surface area contributed by atoms with Crippen molar-refractivity contribution in [2.75, 3.05) is 19.6 Å². The molecule has 3 fully saturated rings. The Morgan fingerprint density at radius 1 is 1.09 bits per heavy atom. The molecule has 1 aromatic carbocycles. The van der Waals surface area contributed by atoms with Crippen LogP contribution in [-0.2, 0) is 11.3 Å². The predicted octanol–water partition coefficient (Wildman–Crippen LogP) is 2.89. The first-order chi connectivity index (χ1) is 10.7. The van der Waals surface area contributed by atoms with Crippen LogP contribution in [0, 0.1) is 11.8 Å². The number of likely N-dealkylation sites (tertiary alicyclic amines) is 2. The van der Waals surface area contributed by atoms with Crippen LogP contribution in [0.3, 0.4) is 0 Å². The smallest absolute Gasteiger partial charge is 0.236 e. The van der Waals surface area contributed by atoms with Crippen molar-refractivity contribution >= 4 is 21.8 Å². The average Bonchev–Trinajstić information content (AvgIpc) is 3.17. The Bertz CT molecular complexity index is 549. The Hall–Kier alpha value is -0.870. The highest BCUT2D eigenvalue weighted by molar-refractivity contribution is 9.10. The third-order valence-corrected chi connectivity index (χ3v) is 6.57. The SMILES string of the molecule is O=C1C(Br)CCN1C1CCC2CN(Cc3ccccc3)CC21. The topological polar surface area (TPSA) is 23.6 Å². The largest absolute Gasteiger partial charge is 0.338 e. The first-order valence-electron chi connectivity index (χ1n) is 8.43. The monoisotopic (exact) mass is 362 g/mol. The number of nitrogens with zero attached hydrogens (tertiary/aromatic N) is 2. The maximum Gasteiger partial charge on any atom is 0.236 e. The fourth-order valence-electron chi connectivity index (χ4n) is 4.68. The summed E-state index contributed by atoms with van der Waals surface area (Å²) >= 11 is 3.52. The normalized spacial score (nSPS) is 35.3. The van der Waals surface area contributed by atoms with Gasteiger partial charge in [-0.3, -0.25) is 9.69 Å². The van der Waals surface area contributed by atoms with Crippen LogP contribution in [0.5, 0.6) is 0 Å². The zero-order valence-electron chi connectivity index (χ0n) is 12.8. The van der Waals surface area contributed by atoms with Gasteiger partial charge in [0.2, 0.25) is 5.91 Å². The molecule has 1 amide bonds. The number of rotatable bonds is 3. The molecule has 0 aromatic heterocycles. The molecule has 4 atom stereocenters. The molecule has 0 bridgehead atoms. The van der Waals surface area contributed by atoms with Gasteiger partial charge >= 0.3 is 0 Å². The summed E-state index contributed by atoms with van der Waals surface area (Å²) in [5.74, 6) is 1.80. The number of carbonyl (C=O) groups is 1. The molecular weight excluding hydrogens is 340 g/mol. The highest BCUT2D eigenvalue weighted by Crippen LogP contribution is 2.42. The number of carbonyl (C=O) groups excluding carboxylic acids is 1. The minimum Gasteiger partial charge on any atom is -0.338 e. The summed E-state index contributed by atoms with van der Waals surface area (Å²) in [7, 11) is 0. The van der Waals surface area contributed by atoms with Gasteiger partial charge in [0.15, 0.2) is 0 Å². The lowest BCUT2D eigenvalue weighted by atomic mass is 9.97. The average molecular weight is 363 g/mol. The Morgan fingerprint density at radius 3 is 2.64 bits per heavy atom. The van der Waals surface area contributed by atoms with Gasteiger partial charge in [-0.15, -0.1) is 0 Å². The molecule has 4 unspecified atom stereocenters. The zero-order valence-corrected chi connectivity index (χ0v) is 14.4. The molecule has 4 heteroatoms. The van der Waals surface area contributed by atoms with Crippen molar-refractivity contribution in [3.63, 3.8) is 0 Å². The summed E-state index contributed by atoms with van der Waals surface area (Å²) in [5, 5.41) is 0. The fraction of sp³-hybridized carbons (Fsp3) is 0.611. The van der Waals surface area contributed by atoms with E-state index in [4.69, 9.17) is 0 Å². The predicted molar refractivity (Wildman–Crippen MR) is 90.8 cm³/mol. The number of hydrogen-bond acceptors (Lipinski definition) is 2. The van der Waals surface area contributed by atoms with Gasteiger partial charge in [0.1, 0.15) is 0 Å². The number of fused-ring (bicyclic) bond motifs is 1. The number of benzene rings is 1. The second kappa shape index (κ2) is 5.97. The van der Waals surface area contributed by atoms with Crippen molar-refractivity contribution in [3.8, 4) is 0 Å². The van der Waals surface area contributed by atoms with E-state index < -0.39 is 0 Å². The van der Waals surface area contributed by atoms with Gasteiger partial charge in [0, 0.05) is 32.2 Å². The van der Waals surface area contributed by atoms with Crippen LogP contribution in [0.2, 0.25) is 0 Å². The molecule has 3 aliphatic rings. The van der Waals surface area contributed by atoms with E-state index in [0.29, 0.717) is 17.9 Å². The minimum absolute atomic E-state index is 0.0633. The quantitative estimate of drug-likeness (QED) is 0.771. The van der Waals surface area contributed by atoms with Gasteiger partial charge in [-0.05, 0) is 36.7 Å². The lowest BCUT2D eigenvalue weighted by Gasteiger charge is -2.29. The Kier molecular flexibility index (Phi) is 3.99. The highest BCUT2D eigenvalue weighted by atomic mass is 79.9. The van der Waals surface area contributed by atoms with Gasteiger partial charge in [-0.1, -0.05) is 46.3 Å². The van der Waals surface area contributed by atoms with E-state index in [-0.39, 0.29) is 4.83 Å². The van der Waals surface area contributed by atoms with E-state index in [1.807, 2.05) is 0 Å². The van der Waals surface area contributed by atoms with Crippen molar-refractivity contribution in [1.29, 1.82) is 0 Å². The van der Waals surface area contributed by atoms with E-state index in [1.54, 1.807) is 0 Å². The summed E-state index contributed by atoms with van der Waals surface area (Å²) in [5.41, 5.74) is 1.40. The third-order valence-electron chi connectivity index (χ3n) is 5.72. The van der Waals surface area contributed by atoms with Crippen molar-refractivity contribution in [2.45, 2.75) is 36.7 Å². The van der Waals surface area contributed by atoms with Crippen LogP contribution in [0.1, 0.15) is 24.8 Å². The molecule has 2 heterocycles. The van der Waals surface area contributed by atoms with Crippen LogP contribution < -0.4 is 0 Å². The van der Waals surface area contributed by atoms with Gasteiger partial charge in [0.25, 0.3) is 0 Å². The molecule has 118 valence electrons. The summed E-state index contributed by atoms with van der Waals surface area (Å²) in [6.07, 6.45) is 3.47. The third kappa shape index (κ3) is 2.61. The van der Waals surface area contributed by atoms with Crippen LogP contribution in [0.4, 0.5) is 0 Å². The molecule has 1 saturated carbocycles. The van der Waals surface area contributed by atoms with E-state index >= 15 is 0 Å². The van der Waals surface area contributed by atoms with Gasteiger partial charge < -0.3 is 4.90 Å². The van der Waals surface area contributed by atoms with E-state index in [1.165, 1.54) is 24.9 Å². The van der Waals surface area contributed by atoms with Crippen LogP contribution in [0.25, 0.3) is 0 Å². The maximum atomic E-state index is 12.3. The second-order valence-corrected chi connectivity index (χ2v) is 8.14. The highest BCUT2D eigenvalue weighted by Gasteiger charge is 2.47. The lowest BCUT2D eigenvalue weighted by molar-refractivity contribution is -0.129. The molecule has 4 rings (SSSR count). The minimum atomic E-state index is 0.0633. The molecule has 1 aromatic rings. The fourth-order valence-corrected chi connectivity index (χ4v) is 5.15. The molecule has 2 aliphatic heterocycles. The van der Waals surface area contributed by atoms with Gasteiger partial charge in [-0.25, -0.2) is 0 Å². The standard InChI is InChI=1S/C18H23BrN2O/c19-16-8-9-21(18(16)22)17-7-6-14-11-20(12-15(14)17)10-13-4-2-1-3-5-13/h1-5,14-17H,6-12H2. The van der Waals surface area contributed by atoms with Crippen molar-refractivity contribution < 1.29 is 4.79 Å². The molecule has 0 spiro atoms. The van der Waals surface area contributed by atoms with Gasteiger partial charge in [-0.2, -0.15) is 0 Å². The van der Waals surface area contributed by atoms with Gasteiger partial charge in [0.05, 0.1) is 4.83 Å². The summed E-state index contributed by atoms with van der Waals surface area (Å²) in [6.45, 7) is 4.35. The molecule has 22 heavy (non-hydrogen) atoms. The molecule has 3 nitrogen and oxygen atoms in total. The number of alkyl halides is 1. The summed E-state index contributed by atoms with van der Waals surface area (Å²) in [4.78, 5) is 17.1. The Balaban J connectivity index is 1.42. The number of halogens is 1. The lowest BCUT2D eigenvalue weighted by Crippen LogP contribution is -2.41. The van der Waals surface area contributed by atoms with Crippen molar-refractivity contribution in [1.82, 2.24) is 9.80 Å². The molecule has 2 saturated heterocycles. The maximum absolute atomic E-state index is 12.3. The molecular formula is C18H23BrN2O. The Morgan fingerprint density at radius 2 is 1.91 bits per heavy atom. The molecule has 0 radical (unpaired) electrons. The summed E-state index contributed by atoms with van der Waals surface area (Å²) < 4.78 is 0. The molecule has 1 aliphatic carbocycles. The zero-order chi connectivity index (χ0) is 15.1. The number of amides is 1.